The molecule has 0 spiro atoms. The first-order chi connectivity index (χ1) is 18.3. The zero-order chi connectivity index (χ0) is 27.4. The van der Waals surface area contributed by atoms with Crippen molar-refractivity contribution in [3.63, 3.8) is 0 Å². The van der Waals surface area contributed by atoms with Crippen molar-refractivity contribution in [2.45, 2.75) is 16.3 Å². The number of ether oxygens (including phenoxy) is 1. The largest absolute Gasteiger partial charge is 0.477 e. The van der Waals surface area contributed by atoms with Crippen LogP contribution in [0.1, 0.15) is 5.69 Å². The van der Waals surface area contributed by atoms with Gasteiger partial charge in [0.2, 0.25) is 11.6 Å². The number of anilines is 1. The third-order valence-corrected chi connectivity index (χ3v) is 7.96. The summed E-state index contributed by atoms with van der Waals surface area (Å²) in [6, 6.07) is 4.49. The van der Waals surface area contributed by atoms with E-state index in [0.29, 0.717) is 17.1 Å². The lowest BCUT2D eigenvalue weighted by Crippen LogP contribution is -2.81. The summed E-state index contributed by atoms with van der Waals surface area (Å²) in [7, 11) is 4.11. The number of aliphatic carboxylic acids is 1. The molecule has 1 saturated heterocycles. The molecule has 38 heavy (non-hydrogen) atoms. The van der Waals surface area contributed by atoms with E-state index in [4.69, 9.17) is 9.57 Å². The number of amides is 3. The quantitative estimate of drug-likeness (QED) is 0.0753. The number of oxime groups is 1. The van der Waals surface area contributed by atoms with E-state index in [1.54, 1.807) is 7.05 Å². The standard InChI is InChI=1S/C20H21N9O7S2/c1-28-19(24-26-27-28)38-8-10-7-37-18-20(35-2,17(34)29(18)14(10)16(32)33)23-15(31)13(25-36-3)11-5-4-6-12(22-11)21-9-30/h4-6,9,18H,7-8H2,1-3H3,(H,23,31)(H,32,33)(H,21,22,30)/b25-13-/t18-,20?/m1/s1. The van der Waals surface area contributed by atoms with Crippen molar-refractivity contribution in [2.75, 3.05) is 31.0 Å². The number of hydrogen-bond donors (Lipinski definition) is 3. The minimum Gasteiger partial charge on any atom is -0.477 e. The van der Waals surface area contributed by atoms with Gasteiger partial charge in [-0.05, 0) is 28.1 Å². The molecule has 2 atom stereocenters. The van der Waals surface area contributed by atoms with Crippen LogP contribution in [0.15, 0.2) is 39.8 Å². The lowest BCUT2D eigenvalue weighted by molar-refractivity contribution is -0.191. The number of carboxylic acids is 1. The molecule has 4 heterocycles. The van der Waals surface area contributed by atoms with Crippen LogP contribution in [-0.2, 0) is 35.8 Å². The van der Waals surface area contributed by atoms with E-state index in [9.17, 15) is 24.3 Å². The van der Waals surface area contributed by atoms with Gasteiger partial charge in [0.15, 0.2) is 5.71 Å². The molecule has 3 amide bonds. The number of β-lactam (4-membered cyclic amide) rings is 1. The Labute approximate surface area is 223 Å². The number of rotatable bonds is 11. The molecular weight excluding hydrogens is 542 g/mol. The Morgan fingerprint density at radius 2 is 2.18 bits per heavy atom. The molecule has 16 nitrogen and oxygen atoms in total. The lowest BCUT2D eigenvalue weighted by Gasteiger charge is -2.55. The van der Waals surface area contributed by atoms with Gasteiger partial charge in [0.25, 0.3) is 17.5 Å². The molecule has 18 heteroatoms. The average Bonchev–Trinajstić information content (AvgIpc) is 3.32. The summed E-state index contributed by atoms with van der Waals surface area (Å²) in [5.41, 5.74) is -1.83. The number of carbonyl (C=O) groups is 4. The van der Waals surface area contributed by atoms with Crippen molar-refractivity contribution in [2.24, 2.45) is 12.2 Å². The maximum absolute atomic E-state index is 13.4. The van der Waals surface area contributed by atoms with Crippen molar-refractivity contribution >= 4 is 59.2 Å². The number of aryl methyl sites for hydroxylation is 1. The summed E-state index contributed by atoms with van der Waals surface area (Å²) in [6.07, 6.45) is 0.422. The summed E-state index contributed by atoms with van der Waals surface area (Å²) in [4.78, 5) is 59.6. The molecule has 0 radical (unpaired) electrons. The van der Waals surface area contributed by atoms with Crippen molar-refractivity contribution in [3.05, 3.63) is 35.2 Å². The van der Waals surface area contributed by atoms with E-state index in [-0.39, 0.29) is 34.4 Å². The summed E-state index contributed by atoms with van der Waals surface area (Å²) in [5.74, 6) is -2.30. The topological polar surface area (TPSA) is 203 Å². The Kier molecular flexibility index (Phi) is 7.93. The number of nitrogens with zero attached hydrogens (tertiary/aromatic N) is 7. The molecule has 2 aromatic rings. The maximum Gasteiger partial charge on any atom is 0.352 e. The normalized spacial score (nSPS) is 20.9. The van der Waals surface area contributed by atoms with Gasteiger partial charge in [-0.25, -0.2) is 14.5 Å². The zero-order valence-corrected chi connectivity index (χ0v) is 21.8. The molecule has 1 fully saturated rings. The third-order valence-electron chi connectivity index (χ3n) is 5.49. The summed E-state index contributed by atoms with van der Waals surface area (Å²) in [6.45, 7) is 0. The highest BCUT2D eigenvalue weighted by Gasteiger charge is 2.66. The Balaban J connectivity index is 1.59. The lowest BCUT2D eigenvalue weighted by atomic mass is 9.98. The summed E-state index contributed by atoms with van der Waals surface area (Å²) >= 11 is 2.46. The highest BCUT2D eigenvalue weighted by molar-refractivity contribution is 8.01. The SMILES string of the molecule is CO/N=C(\C(=O)NC1(OC)C(=O)N2C(C(=O)O)=C(CSc3nnnn3C)CS[C@@H]21)c1cccc(NC=O)n1. The number of fused-ring (bicyclic) bond motifs is 1. The van der Waals surface area contributed by atoms with Crippen LogP contribution in [0.2, 0.25) is 0 Å². The number of methoxy groups -OCH3 is 1. The van der Waals surface area contributed by atoms with Gasteiger partial charge in [0.1, 0.15) is 29.7 Å². The fourth-order valence-electron chi connectivity index (χ4n) is 3.78. The fourth-order valence-corrected chi connectivity index (χ4v) is 6.21. The van der Waals surface area contributed by atoms with Crippen LogP contribution < -0.4 is 10.6 Å². The van der Waals surface area contributed by atoms with Gasteiger partial charge >= 0.3 is 5.97 Å². The van der Waals surface area contributed by atoms with Gasteiger partial charge in [0.05, 0.1) is 0 Å². The number of hydrogen-bond acceptors (Lipinski definition) is 13. The molecule has 3 N–H and O–H groups in total. The number of tetrazole rings is 1. The molecule has 4 rings (SSSR count). The van der Waals surface area contributed by atoms with Gasteiger partial charge < -0.3 is 25.3 Å². The average molecular weight is 564 g/mol. The molecule has 1 unspecified atom stereocenters. The second kappa shape index (κ2) is 11.2. The third kappa shape index (κ3) is 4.79. The predicted molar refractivity (Wildman–Crippen MR) is 133 cm³/mol. The molecule has 0 saturated carbocycles. The predicted octanol–water partition coefficient (Wildman–Crippen LogP) is -0.971. The molecule has 0 aliphatic carbocycles. The van der Waals surface area contributed by atoms with Crippen molar-refractivity contribution in [3.8, 4) is 0 Å². The Morgan fingerprint density at radius 3 is 2.82 bits per heavy atom. The molecule has 0 aromatic carbocycles. The molecule has 2 aliphatic rings. The molecule has 2 aliphatic heterocycles. The Bertz CT molecular complexity index is 1350. The second-order valence-electron chi connectivity index (χ2n) is 7.66. The number of carboxylic acid groups (broad SMARTS) is 1. The van der Waals surface area contributed by atoms with Gasteiger partial charge in [-0.1, -0.05) is 23.0 Å². The van der Waals surface area contributed by atoms with Gasteiger partial charge in [-0.2, -0.15) is 0 Å². The maximum atomic E-state index is 13.4. The van der Waals surface area contributed by atoms with Crippen molar-refractivity contribution < 1.29 is 33.9 Å². The van der Waals surface area contributed by atoms with Crippen LogP contribution >= 0.6 is 23.5 Å². The van der Waals surface area contributed by atoms with E-state index in [1.165, 1.54) is 60.6 Å². The molecular formula is C20H21N9O7S2. The van der Waals surface area contributed by atoms with Gasteiger partial charge in [-0.3, -0.25) is 19.3 Å². The molecule has 0 bridgehead atoms. The molecule has 2 aromatic heterocycles. The van der Waals surface area contributed by atoms with E-state index >= 15 is 0 Å². The summed E-state index contributed by atoms with van der Waals surface area (Å²) < 4.78 is 6.93. The first-order valence-electron chi connectivity index (χ1n) is 10.7. The van der Waals surface area contributed by atoms with Crippen LogP contribution in [0.4, 0.5) is 5.82 Å². The first-order valence-corrected chi connectivity index (χ1v) is 12.7. The summed E-state index contributed by atoms with van der Waals surface area (Å²) in [5, 5.41) is 29.3. The number of pyridine rings is 1. The Hall–Kier alpha value is -4.03. The number of carbonyl (C=O) groups excluding carboxylic acids is 3. The fraction of sp³-hybridized carbons (Fsp3) is 0.350. The van der Waals surface area contributed by atoms with E-state index < -0.39 is 28.9 Å². The highest BCUT2D eigenvalue weighted by Crippen LogP contribution is 2.47. The number of thioether (sulfide) groups is 2. The van der Waals surface area contributed by atoms with Crippen LogP contribution in [-0.4, -0.2) is 102 Å². The number of nitrogens with one attached hydrogen (secondary N) is 2. The first kappa shape index (κ1) is 27.0. The molecule has 200 valence electrons. The second-order valence-corrected chi connectivity index (χ2v) is 9.67. The van der Waals surface area contributed by atoms with Crippen LogP contribution in [0.5, 0.6) is 0 Å². The van der Waals surface area contributed by atoms with E-state index in [1.807, 2.05) is 0 Å². The monoisotopic (exact) mass is 563 g/mol. The van der Waals surface area contributed by atoms with Gasteiger partial charge in [0, 0.05) is 25.7 Å². The highest BCUT2D eigenvalue weighted by atomic mass is 32.2. The van der Waals surface area contributed by atoms with Crippen LogP contribution in [0, 0.1) is 0 Å². The van der Waals surface area contributed by atoms with Crippen LogP contribution in [0.3, 0.4) is 0 Å². The van der Waals surface area contributed by atoms with Gasteiger partial charge in [-0.15, -0.1) is 16.9 Å². The zero-order valence-electron chi connectivity index (χ0n) is 20.1. The van der Waals surface area contributed by atoms with E-state index in [2.05, 4.69) is 36.3 Å². The van der Waals surface area contributed by atoms with Crippen molar-refractivity contribution in [1.29, 1.82) is 0 Å². The van der Waals surface area contributed by atoms with Crippen LogP contribution in [0.25, 0.3) is 0 Å². The van der Waals surface area contributed by atoms with Crippen molar-refractivity contribution in [1.82, 2.24) is 35.4 Å². The van der Waals surface area contributed by atoms with E-state index in [0.717, 1.165) is 4.90 Å². The number of aromatic nitrogens is 5. The minimum atomic E-state index is -1.87. The minimum absolute atomic E-state index is 0.0473. The smallest absolute Gasteiger partial charge is 0.352 e. The Morgan fingerprint density at radius 1 is 1.39 bits per heavy atom.